The third-order valence-corrected chi connectivity index (χ3v) is 5.61. The number of fused-ring (bicyclic) bond motifs is 1. The van der Waals surface area contributed by atoms with E-state index in [1.54, 1.807) is 0 Å². The quantitative estimate of drug-likeness (QED) is 0.916. The molecule has 0 aliphatic heterocycles. The van der Waals surface area contributed by atoms with Crippen LogP contribution in [0.5, 0.6) is 0 Å². The first-order valence-corrected chi connectivity index (χ1v) is 8.62. The van der Waals surface area contributed by atoms with Gasteiger partial charge < -0.3 is 5.32 Å². The summed E-state index contributed by atoms with van der Waals surface area (Å²) in [5.74, 6) is 2.44. The van der Waals surface area contributed by atoms with Crippen LogP contribution in [0, 0.1) is 11.8 Å². The molecule has 0 radical (unpaired) electrons. The molecule has 4 atom stereocenters. The predicted molar refractivity (Wildman–Crippen MR) is 89.5 cm³/mol. The Morgan fingerprint density at radius 2 is 1.68 bits per heavy atom. The molecule has 2 heteroatoms. The Hall–Kier alpha value is -1.67. The lowest BCUT2D eigenvalue weighted by molar-refractivity contribution is 0.0252. The van der Waals surface area contributed by atoms with Crippen molar-refractivity contribution in [3.05, 3.63) is 66.0 Å². The van der Waals surface area contributed by atoms with Gasteiger partial charge in [-0.1, -0.05) is 49.2 Å². The highest BCUT2D eigenvalue weighted by Gasteiger charge is 2.50. The topological polar surface area (TPSA) is 24.9 Å². The number of hydrogen-bond acceptors (Lipinski definition) is 2. The third-order valence-electron chi connectivity index (χ3n) is 5.61. The molecular weight excluding hydrogens is 268 g/mol. The second-order valence-corrected chi connectivity index (χ2v) is 6.78. The van der Waals surface area contributed by atoms with Crippen LogP contribution in [0.15, 0.2) is 54.7 Å². The van der Waals surface area contributed by atoms with E-state index in [0.717, 1.165) is 24.1 Å². The first-order chi connectivity index (χ1) is 10.9. The van der Waals surface area contributed by atoms with E-state index in [-0.39, 0.29) is 0 Å². The minimum absolute atomic E-state index is 0.620. The summed E-state index contributed by atoms with van der Waals surface area (Å²) in [6.45, 7) is 0.887. The number of rotatable bonds is 4. The highest BCUT2D eigenvalue weighted by molar-refractivity contribution is 5.28. The van der Waals surface area contributed by atoms with Crippen molar-refractivity contribution in [3.8, 4) is 0 Å². The van der Waals surface area contributed by atoms with Gasteiger partial charge in [-0.3, -0.25) is 4.98 Å². The van der Waals surface area contributed by atoms with Crippen LogP contribution in [-0.2, 0) is 6.54 Å². The van der Waals surface area contributed by atoms with Crippen LogP contribution >= 0.6 is 0 Å². The van der Waals surface area contributed by atoms with Crippen molar-refractivity contribution in [3.63, 3.8) is 0 Å². The van der Waals surface area contributed by atoms with Gasteiger partial charge in [-0.15, -0.1) is 0 Å². The molecule has 0 spiro atoms. The molecule has 1 N–H and O–H groups in total. The maximum absolute atomic E-state index is 4.45. The van der Waals surface area contributed by atoms with Gasteiger partial charge in [-0.25, -0.2) is 0 Å². The van der Waals surface area contributed by atoms with Gasteiger partial charge in [0.05, 0.1) is 5.69 Å². The van der Waals surface area contributed by atoms with E-state index in [4.69, 9.17) is 0 Å². The minimum atomic E-state index is 0.620. The van der Waals surface area contributed by atoms with Crippen LogP contribution in [0.4, 0.5) is 0 Å². The molecule has 1 aromatic carbocycles. The van der Waals surface area contributed by atoms with Crippen LogP contribution in [0.3, 0.4) is 0 Å². The SMILES string of the molecule is c1ccc([C@H]2[C@@H]3CCCC[C@H]3[C@@H]2NCc2ccccn2)cc1. The zero-order chi connectivity index (χ0) is 14.8. The molecule has 2 fully saturated rings. The molecule has 2 aromatic rings. The zero-order valence-electron chi connectivity index (χ0n) is 13.0. The van der Waals surface area contributed by atoms with E-state index >= 15 is 0 Å². The molecule has 1 heterocycles. The fraction of sp³-hybridized carbons (Fsp3) is 0.450. The van der Waals surface area contributed by atoms with Crippen molar-refractivity contribution in [2.75, 3.05) is 0 Å². The predicted octanol–water partition coefficient (Wildman–Crippen LogP) is 4.14. The van der Waals surface area contributed by atoms with Gasteiger partial charge in [0.15, 0.2) is 0 Å². The molecule has 0 unspecified atom stereocenters. The maximum atomic E-state index is 4.45. The van der Waals surface area contributed by atoms with Gasteiger partial charge in [0.1, 0.15) is 0 Å². The summed E-state index contributed by atoms with van der Waals surface area (Å²) in [5.41, 5.74) is 2.66. The van der Waals surface area contributed by atoms with Crippen molar-refractivity contribution in [2.24, 2.45) is 11.8 Å². The van der Waals surface area contributed by atoms with Gasteiger partial charge in [0, 0.05) is 24.7 Å². The van der Waals surface area contributed by atoms with Gasteiger partial charge in [0.25, 0.3) is 0 Å². The Labute approximate surface area is 133 Å². The minimum Gasteiger partial charge on any atom is -0.307 e. The van der Waals surface area contributed by atoms with Crippen molar-refractivity contribution in [2.45, 2.75) is 44.2 Å². The fourth-order valence-electron chi connectivity index (χ4n) is 4.60. The Morgan fingerprint density at radius 1 is 0.909 bits per heavy atom. The Morgan fingerprint density at radius 3 is 2.45 bits per heavy atom. The average molecular weight is 292 g/mol. The van der Waals surface area contributed by atoms with Crippen molar-refractivity contribution >= 4 is 0 Å². The normalized spacial score (nSPS) is 30.4. The van der Waals surface area contributed by atoms with Gasteiger partial charge >= 0.3 is 0 Å². The highest BCUT2D eigenvalue weighted by atomic mass is 15.0. The summed E-state index contributed by atoms with van der Waals surface area (Å²) in [5, 5.41) is 3.82. The van der Waals surface area contributed by atoms with E-state index in [2.05, 4.69) is 52.8 Å². The van der Waals surface area contributed by atoms with E-state index in [1.807, 2.05) is 12.3 Å². The number of nitrogens with one attached hydrogen (secondary N) is 1. The van der Waals surface area contributed by atoms with Crippen LogP contribution in [-0.4, -0.2) is 11.0 Å². The number of nitrogens with zero attached hydrogens (tertiary/aromatic N) is 1. The van der Waals surface area contributed by atoms with Crippen LogP contribution < -0.4 is 5.32 Å². The monoisotopic (exact) mass is 292 g/mol. The summed E-state index contributed by atoms with van der Waals surface area (Å²) >= 11 is 0. The Balaban J connectivity index is 1.50. The highest BCUT2D eigenvalue weighted by Crippen LogP contribution is 2.54. The Kier molecular flexibility index (Phi) is 3.94. The fourth-order valence-corrected chi connectivity index (χ4v) is 4.60. The molecule has 0 bridgehead atoms. The van der Waals surface area contributed by atoms with E-state index in [1.165, 1.54) is 31.2 Å². The van der Waals surface area contributed by atoms with Crippen molar-refractivity contribution < 1.29 is 0 Å². The van der Waals surface area contributed by atoms with Crippen LogP contribution in [0.2, 0.25) is 0 Å². The standard InChI is InChI=1S/C20H24N2/c1-2-8-15(9-3-1)19-17-11-4-5-12-18(17)20(19)22-14-16-10-6-7-13-21-16/h1-3,6-10,13,17-20,22H,4-5,11-12,14H2/t17-,18-,19+,20+/m1/s1. The van der Waals surface area contributed by atoms with E-state index in [9.17, 15) is 0 Å². The lowest BCUT2D eigenvalue weighted by Gasteiger charge is -2.55. The second kappa shape index (κ2) is 6.21. The summed E-state index contributed by atoms with van der Waals surface area (Å²) in [4.78, 5) is 4.45. The molecule has 0 saturated heterocycles. The average Bonchev–Trinajstić information content (AvgIpc) is 2.58. The molecule has 22 heavy (non-hydrogen) atoms. The molecule has 2 saturated carbocycles. The summed E-state index contributed by atoms with van der Waals surface area (Å²) in [6.07, 6.45) is 7.51. The molecular formula is C20H24N2. The number of pyridine rings is 1. The molecule has 2 aliphatic carbocycles. The number of hydrogen-bond donors (Lipinski definition) is 1. The number of aromatic nitrogens is 1. The van der Waals surface area contributed by atoms with Gasteiger partial charge in [-0.2, -0.15) is 0 Å². The third kappa shape index (κ3) is 2.56. The summed E-state index contributed by atoms with van der Waals surface area (Å²) < 4.78 is 0. The summed E-state index contributed by atoms with van der Waals surface area (Å²) in [6, 6.07) is 17.9. The van der Waals surface area contributed by atoms with E-state index in [0.29, 0.717) is 12.0 Å². The molecule has 1 aromatic heterocycles. The lowest BCUT2D eigenvalue weighted by atomic mass is 9.53. The maximum Gasteiger partial charge on any atom is 0.0541 e. The first-order valence-electron chi connectivity index (χ1n) is 8.62. The number of benzene rings is 1. The first kappa shape index (κ1) is 14.0. The van der Waals surface area contributed by atoms with Crippen molar-refractivity contribution in [1.29, 1.82) is 0 Å². The largest absolute Gasteiger partial charge is 0.307 e. The van der Waals surface area contributed by atoms with Crippen LogP contribution in [0.25, 0.3) is 0 Å². The Bertz CT molecular complexity index is 596. The van der Waals surface area contributed by atoms with Gasteiger partial charge in [0.2, 0.25) is 0 Å². The van der Waals surface area contributed by atoms with Crippen molar-refractivity contribution in [1.82, 2.24) is 10.3 Å². The summed E-state index contributed by atoms with van der Waals surface area (Å²) in [7, 11) is 0. The second-order valence-electron chi connectivity index (χ2n) is 6.78. The molecule has 114 valence electrons. The molecule has 4 rings (SSSR count). The molecule has 2 nitrogen and oxygen atoms in total. The smallest absolute Gasteiger partial charge is 0.0541 e. The van der Waals surface area contributed by atoms with Crippen LogP contribution in [0.1, 0.15) is 42.9 Å². The lowest BCUT2D eigenvalue weighted by Crippen LogP contribution is -2.57. The van der Waals surface area contributed by atoms with E-state index < -0.39 is 0 Å². The van der Waals surface area contributed by atoms with Gasteiger partial charge in [-0.05, 0) is 42.4 Å². The zero-order valence-corrected chi connectivity index (χ0v) is 13.0. The molecule has 0 amide bonds. The molecule has 2 aliphatic rings.